The van der Waals surface area contributed by atoms with Gasteiger partial charge in [-0.2, -0.15) is 13.2 Å². The summed E-state index contributed by atoms with van der Waals surface area (Å²) in [4.78, 5) is -0.283. The number of hydrogen-bond donors (Lipinski definition) is 2. The molecule has 1 rings (SSSR count). The summed E-state index contributed by atoms with van der Waals surface area (Å²) < 4.78 is 68.4. The first-order chi connectivity index (χ1) is 9.70. The second kappa shape index (κ2) is 7.21. The highest BCUT2D eigenvalue weighted by molar-refractivity contribution is 7.89. The van der Waals surface area contributed by atoms with E-state index in [0.29, 0.717) is 12.1 Å². The Morgan fingerprint density at radius 1 is 1.29 bits per heavy atom. The molecule has 21 heavy (non-hydrogen) atoms. The summed E-state index contributed by atoms with van der Waals surface area (Å²) in [7, 11) is -2.60. The summed E-state index contributed by atoms with van der Waals surface area (Å²) in [6, 6.07) is 2.51. The van der Waals surface area contributed by atoms with Crippen molar-refractivity contribution in [2.24, 2.45) is 0 Å². The summed E-state index contributed by atoms with van der Waals surface area (Å²) in [6.07, 6.45) is -4.39. The second-order valence-electron chi connectivity index (χ2n) is 4.31. The molecule has 0 bridgehead atoms. The van der Waals surface area contributed by atoms with Crippen molar-refractivity contribution < 1.29 is 31.4 Å². The predicted molar refractivity (Wildman–Crippen MR) is 69.1 cm³/mol. The van der Waals surface area contributed by atoms with Crippen LogP contribution in [-0.2, 0) is 20.9 Å². The smallest absolute Gasteiger partial charge is 0.396 e. The molecule has 1 unspecified atom stereocenters. The molecule has 0 aliphatic rings. The van der Waals surface area contributed by atoms with Crippen LogP contribution >= 0.6 is 0 Å². The van der Waals surface area contributed by atoms with E-state index in [-0.39, 0.29) is 24.5 Å². The van der Waals surface area contributed by atoms with Gasteiger partial charge < -0.3 is 9.84 Å². The molecule has 0 saturated carbocycles. The molecule has 2 N–H and O–H groups in total. The van der Waals surface area contributed by atoms with Crippen LogP contribution in [0, 0.1) is 0 Å². The maximum Gasteiger partial charge on any atom is 0.416 e. The number of hydrogen-bond acceptors (Lipinski definition) is 4. The van der Waals surface area contributed by atoms with E-state index in [1.54, 1.807) is 0 Å². The number of sulfonamides is 1. The maximum absolute atomic E-state index is 12.4. The first-order valence-electron chi connectivity index (χ1n) is 6.00. The third-order valence-corrected chi connectivity index (χ3v) is 4.20. The zero-order chi connectivity index (χ0) is 16.1. The molecule has 1 aromatic carbocycles. The van der Waals surface area contributed by atoms with Crippen LogP contribution in [0.3, 0.4) is 0 Å². The Kier molecular flexibility index (Phi) is 6.14. The lowest BCUT2D eigenvalue weighted by molar-refractivity contribution is -0.137. The topological polar surface area (TPSA) is 75.6 Å². The molecular weight excluding hydrogens is 311 g/mol. The Bertz CT molecular complexity index is 537. The fourth-order valence-corrected chi connectivity index (χ4v) is 2.90. The molecule has 0 heterocycles. The van der Waals surface area contributed by atoms with E-state index in [2.05, 4.69) is 4.72 Å². The summed E-state index contributed by atoms with van der Waals surface area (Å²) in [5.41, 5.74) is -0.926. The average Bonchev–Trinajstić information content (AvgIpc) is 2.38. The van der Waals surface area contributed by atoms with Crippen LogP contribution in [0.1, 0.15) is 12.0 Å². The lowest BCUT2D eigenvalue weighted by atomic mass is 10.2. The van der Waals surface area contributed by atoms with Gasteiger partial charge in [0.15, 0.2) is 0 Å². The molecule has 1 aromatic rings. The third-order valence-electron chi connectivity index (χ3n) is 2.66. The van der Waals surface area contributed by atoms with E-state index in [1.165, 1.54) is 7.11 Å². The van der Waals surface area contributed by atoms with Crippen molar-refractivity contribution in [2.45, 2.75) is 23.5 Å². The molecule has 0 spiro atoms. The fourth-order valence-electron chi connectivity index (χ4n) is 1.64. The summed E-state index contributed by atoms with van der Waals surface area (Å²) in [5.74, 6) is 0. The van der Waals surface area contributed by atoms with Gasteiger partial charge in [-0.15, -0.1) is 0 Å². The van der Waals surface area contributed by atoms with Gasteiger partial charge in [0.1, 0.15) is 0 Å². The Morgan fingerprint density at radius 3 is 2.29 bits per heavy atom. The first-order valence-corrected chi connectivity index (χ1v) is 7.48. The molecule has 0 fully saturated rings. The molecule has 0 aliphatic heterocycles. The lowest BCUT2D eigenvalue weighted by Gasteiger charge is -2.17. The number of ether oxygens (including phenoxy) is 1. The van der Waals surface area contributed by atoms with E-state index in [1.807, 2.05) is 0 Å². The highest BCUT2D eigenvalue weighted by Crippen LogP contribution is 2.29. The molecule has 9 heteroatoms. The van der Waals surface area contributed by atoms with Gasteiger partial charge in [-0.05, 0) is 30.7 Å². The van der Waals surface area contributed by atoms with Crippen LogP contribution in [0.2, 0.25) is 0 Å². The number of aliphatic hydroxyl groups excluding tert-OH is 1. The Labute approximate surface area is 120 Å². The van der Waals surface area contributed by atoms with Crippen LogP contribution in [0.4, 0.5) is 13.2 Å². The van der Waals surface area contributed by atoms with Crippen LogP contribution in [0.15, 0.2) is 29.2 Å². The van der Waals surface area contributed by atoms with Crippen molar-refractivity contribution in [3.8, 4) is 0 Å². The molecule has 1 atom stereocenters. The molecule has 0 saturated heterocycles. The van der Waals surface area contributed by atoms with Crippen molar-refractivity contribution in [3.63, 3.8) is 0 Å². The summed E-state index contributed by atoms with van der Waals surface area (Å²) in [5, 5.41) is 8.84. The molecular formula is C12H16F3NO4S. The van der Waals surface area contributed by atoms with Crippen molar-refractivity contribution in [2.75, 3.05) is 20.3 Å². The molecule has 120 valence electrons. The Balaban J connectivity index is 2.92. The SMILES string of the molecule is COCC(CCO)NS(=O)(=O)c1ccc(C(F)(F)F)cc1. The largest absolute Gasteiger partial charge is 0.416 e. The highest BCUT2D eigenvalue weighted by atomic mass is 32.2. The van der Waals surface area contributed by atoms with Gasteiger partial charge in [0.2, 0.25) is 10.0 Å². The third kappa shape index (κ3) is 5.27. The van der Waals surface area contributed by atoms with E-state index < -0.39 is 27.8 Å². The number of methoxy groups -OCH3 is 1. The number of rotatable bonds is 7. The van der Waals surface area contributed by atoms with Gasteiger partial charge in [-0.25, -0.2) is 13.1 Å². The number of benzene rings is 1. The normalized spacial score (nSPS) is 14.1. The van der Waals surface area contributed by atoms with Crippen molar-refractivity contribution in [1.29, 1.82) is 0 Å². The summed E-state index contributed by atoms with van der Waals surface area (Å²) >= 11 is 0. The number of halogens is 3. The quantitative estimate of drug-likeness (QED) is 0.793. The zero-order valence-corrected chi connectivity index (χ0v) is 12.0. The molecule has 0 radical (unpaired) electrons. The predicted octanol–water partition coefficient (Wildman–Crippen LogP) is 1.38. The monoisotopic (exact) mass is 327 g/mol. The summed E-state index contributed by atoms with van der Waals surface area (Å²) in [6.45, 7) is -0.204. The van der Waals surface area contributed by atoms with Gasteiger partial charge in [-0.1, -0.05) is 0 Å². The fraction of sp³-hybridized carbons (Fsp3) is 0.500. The number of nitrogens with one attached hydrogen (secondary N) is 1. The van der Waals surface area contributed by atoms with Gasteiger partial charge >= 0.3 is 6.18 Å². The van der Waals surface area contributed by atoms with Gasteiger partial charge in [0.25, 0.3) is 0 Å². The number of alkyl halides is 3. The minimum absolute atomic E-state index is 0.0421. The van der Waals surface area contributed by atoms with Crippen LogP contribution in [-0.4, -0.2) is 39.9 Å². The van der Waals surface area contributed by atoms with Crippen LogP contribution < -0.4 is 4.72 Å². The maximum atomic E-state index is 12.4. The van der Waals surface area contributed by atoms with Crippen molar-refractivity contribution in [1.82, 2.24) is 4.72 Å². The number of aliphatic hydroxyl groups is 1. The van der Waals surface area contributed by atoms with Crippen LogP contribution in [0.25, 0.3) is 0 Å². The first kappa shape index (κ1) is 17.9. The minimum atomic E-state index is -4.52. The zero-order valence-electron chi connectivity index (χ0n) is 11.2. The van der Waals surface area contributed by atoms with E-state index in [9.17, 15) is 21.6 Å². The van der Waals surface area contributed by atoms with E-state index in [4.69, 9.17) is 9.84 Å². The van der Waals surface area contributed by atoms with Crippen molar-refractivity contribution >= 4 is 10.0 Å². The molecule has 0 aromatic heterocycles. The second-order valence-corrected chi connectivity index (χ2v) is 6.02. The Hall–Kier alpha value is -1.16. The van der Waals surface area contributed by atoms with Crippen LogP contribution in [0.5, 0.6) is 0 Å². The standard InChI is InChI=1S/C12H16F3NO4S/c1-20-8-10(6-7-17)16-21(18,19)11-4-2-9(3-5-11)12(13,14)15/h2-5,10,16-17H,6-8H2,1H3. The average molecular weight is 327 g/mol. The van der Waals surface area contributed by atoms with Crippen molar-refractivity contribution in [3.05, 3.63) is 29.8 Å². The van der Waals surface area contributed by atoms with E-state index in [0.717, 1.165) is 12.1 Å². The highest BCUT2D eigenvalue weighted by Gasteiger charge is 2.30. The molecule has 5 nitrogen and oxygen atoms in total. The Morgan fingerprint density at radius 2 is 1.86 bits per heavy atom. The molecule has 0 aliphatic carbocycles. The van der Waals surface area contributed by atoms with Gasteiger partial charge in [0.05, 0.1) is 17.1 Å². The van der Waals surface area contributed by atoms with Gasteiger partial charge in [0, 0.05) is 19.8 Å². The van der Waals surface area contributed by atoms with E-state index >= 15 is 0 Å². The minimum Gasteiger partial charge on any atom is -0.396 e. The van der Waals surface area contributed by atoms with Gasteiger partial charge in [-0.3, -0.25) is 0 Å². The lowest BCUT2D eigenvalue weighted by Crippen LogP contribution is -2.38. The molecule has 0 amide bonds.